The molecule has 0 aliphatic heterocycles. The predicted octanol–water partition coefficient (Wildman–Crippen LogP) is 2.13. The molecule has 0 saturated heterocycles. The van der Waals surface area contributed by atoms with Gasteiger partial charge in [0.1, 0.15) is 5.69 Å². The Hall–Kier alpha value is -1.20. The van der Waals surface area contributed by atoms with E-state index in [1.165, 1.54) is 11.3 Å². The fraction of sp³-hybridized carbons (Fsp3) is 0.111. The summed E-state index contributed by atoms with van der Waals surface area (Å²) in [4.78, 5) is 15.4. The van der Waals surface area contributed by atoms with Crippen molar-refractivity contribution in [1.29, 1.82) is 0 Å². The Kier molecular flexibility index (Phi) is 2.90. The van der Waals surface area contributed by atoms with Crippen LogP contribution in [0.2, 0.25) is 0 Å². The minimum atomic E-state index is -0.113. The molecule has 72 valence electrons. The van der Waals surface area contributed by atoms with Gasteiger partial charge in [0.2, 0.25) is 0 Å². The van der Waals surface area contributed by atoms with E-state index in [0.29, 0.717) is 12.2 Å². The summed E-state index contributed by atoms with van der Waals surface area (Å²) in [5.41, 5.74) is 3.27. The van der Waals surface area contributed by atoms with Crippen LogP contribution in [0.4, 0.5) is 0 Å². The third kappa shape index (κ3) is 2.18. The van der Waals surface area contributed by atoms with Crippen LogP contribution in [0.1, 0.15) is 16.1 Å². The summed E-state index contributed by atoms with van der Waals surface area (Å²) >= 11 is 3.05. The number of thiophene rings is 1. The summed E-state index contributed by atoms with van der Waals surface area (Å²) in [5, 5.41) is 8.54. The van der Waals surface area contributed by atoms with Crippen LogP contribution in [0.15, 0.2) is 27.7 Å². The first-order valence-corrected chi connectivity index (χ1v) is 5.92. The van der Waals surface area contributed by atoms with Crippen LogP contribution in [0, 0.1) is 0 Å². The van der Waals surface area contributed by atoms with E-state index >= 15 is 0 Å². The highest BCUT2D eigenvalue weighted by molar-refractivity contribution is 7.08. The van der Waals surface area contributed by atoms with Crippen molar-refractivity contribution in [2.75, 3.05) is 0 Å². The van der Waals surface area contributed by atoms with Gasteiger partial charge in [-0.2, -0.15) is 11.3 Å². The summed E-state index contributed by atoms with van der Waals surface area (Å²) in [6, 6.07) is 1.99. The maximum absolute atomic E-state index is 11.4. The molecule has 2 aromatic heterocycles. The Morgan fingerprint density at radius 2 is 2.36 bits per heavy atom. The third-order valence-corrected chi connectivity index (χ3v) is 3.02. The number of nitrogens with zero attached hydrogens (tertiary/aromatic N) is 1. The quantitative estimate of drug-likeness (QED) is 0.867. The topological polar surface area (TPSA) is 42.0 Å². The Balaban J connectivity index is 1.90. The average Bonchev–Trinajstić information content (AvgIpc) is 2.87. The van der Waals surface area contributed by atoms with Gasteiger partial charge in [0, 0.05) is 11.9 Å². The van der Waals surface area contributed by atoms with Gasteiger partial charge in [0.15, 0.2) is 0 Å². The van der Waals surface area contributed by atoms with Crippen molar-refractivity contribution in [3.63, 3.8) is 0 Å². The Labute approximate surface area is 89.4 Å². The molecular weight excluding hydrogens is 216 g/mol. The van der Waals surface area contributed by atoms with E-state index in [-0.39, 0.29) is 5.91 Å². The van der Waals surface area contributed by atoms with E-state index in [9.17, 15) is 4.79 Å². The monoisotopic (exact) mass is 224 g/mol. The highest BCUT2D eigenvalue weighted by Gasteiger charge is 2.06. The first kappa shape index (κ1) is 9.36. The predicted molar refractivity (Wildman–Crippen MR) is 57.6 cm³/mol. The van der Waals surface area contributed by atoms with Gasteiger partial charge in [0.05, 0.1) is 5.51 Å². The zero-order valence-electron chi connectivity index (χ0n) is 7.27. The molecule has 0 aliphatic rings. The second-order valence-electron chi connectivity index (χ2n) is 2.69. The SMILES string of the molecule is O=C(NCc1ccsc1)c1cscn1. The number of thiazole rings is 1. The molecule has 0 bridgehead atoms. The number of rotatable bonds is 3. The van der Waals surface area contributed by atoms with Gasteiger partial charge in [-0.05, 0) is 22.4 Å². The van der Waals surface area contributed by atoms with Gasteiger partial charge >= 0.3 is 0 Å². The summed E-state index contributed by atoms with van der Waals surface area (Å²) in [7, 11) is 0. The van der Waals surface area contributed by atoms with Gasteiger partial charge in [-0.1, -0.05) is 0 Å². The molecule has 0 unspecified atom stereocenters. The first-order valence-electron chi connectivity index (χ1n) is 4.04. The molecule has 0 spiro atoms. The standard InChI is InChI=1S/C9H8N2OS2/c12-9(8-5-14-6-11-8)10-3-7-1-2-13-4-7/h1-2,4-6H,3H2,(H,10,12). The van der Waals surface area contributed by atoms with Gasteiger partial charge < -0.3 is 5.32 Å². The number of hydrogen-bond donors (Lipinski definition) is 1. The largest absolute Gasteiger partial charge is 0.347 e. The van der Waals surface area contributed by atoms with E-state index in [0.717, 1.165) is 5.56 Å². The Morgan fingerprint density at radius 3 is 3.00 bits per heavy atom. The lowest BCUT2D eigenvalue weighted by Gasteiger charge is -1.99. The van der Waals surface area contributed by atoms with E-state index in [1.54, 1.807) is 22.2 Å². The molecule has 5 heteroatoms. The van der Waals surface area contributed by atoms with Crippen LogP contribution in [0.25, 0.3) is 0 Å². The number of amides is 1. The second kappa shape index (κ2) is 4.34. The normalized spacial score (nSPS) is 10.0. The van der Waals surface area contributed by atoms with Crippen LogP contribution in [-0.2, 0) is 6.54 Å². The molecule has 1 N–H and O–H groups in total. The minimum absolute atomic E-state index is 0.113. The zero-order chi connectivity index (χ0) is 9.80. The lowest BCUT2D eigenvalue weighted by atomic mass is 10.3. The molecule has 3 nitrogen and oxygen atoms in total. The number of carbonyl (C=O) groups excluding carboxylic acids is 1. The molecule has 14 heavy (non-hydrogen) atoms. The van der Waals surface area contributed by atoms with Crippen molar-refractivity contribution in [1.82, 2.24) is 10.3 Å². The van der Waals surface area contributed by atoms with Crippen LogP contribution in [0.3, 0.4) is 0 Å². The molecule has 2 aromatic rings. The molecule has 1 amide bonds. The molecule has 2 rings (SSSR count). The number of nitrogens with one attached hydrogen (secondary N) is 1. The maximum Gasteiger partial charge on any atom is 0.271 e. The van der Waals surface area contributed by atoms with Crippen molar-refractivity contribution in [3.8, 4) is 0 Å². The number of hydrogen-bond acceptors (Lipinski definition) is 4. The fourth-order valence-corrected chi connectivity index (χ4v) is 2.19. The van der Waals surface area contributed by atoms with E-state index in [1.807, 2.05) is 16.8 Å². The molecule has 0 radical (unpaired) electrons. The zero-order valence-corrected chi connectivity index (χ0v) is 8.90. The lowest BCUT2D eigenvalue weighted by Crippen LogP contribution is -2.22. The van der Waals surface area contributed by atoms with Crippen molar-refractivity contribution in [2.45, 2.75) is 6.54 Å². The molecule has 0 saturated carbocycles. The summed E-state index contributed by atoms with van der Waals surface area (Å²) in [6.07, 6.45) is 0. The molecular formula is C9H8N2OS2. The van der Waals surface area contributed by atoms with E-state index in [4.69, 9.17) is 0 Å². The summed E-state index contributed by atoms with van der Waals surface area (Å²) in [5.74, 6) is -0.113. The van der Waals surface area contributed by atoms with Crippen LogP contribution in [-0.4, -0.2) is 10.9 Å². The van der Waals surface area contributed by atoms with Crippen LogP contribution in [0.5, 0.6) is 0 Å². The molecule has 0 aromatic carbocycles. The van der Waals surface area contributed by atoms with Gasteiger partial charge in [-0.25, -0.2) is 4.98 Å². The van der Waals surface area contributed by atoms with Gasteiger partial charge in [-0.3, -0.25) is 4.79 Å². The van der Waals surface area contributed by atoms with Gasteiger partial charge in [0.25, 0.3) is 5.91 Å². The second-order valence-corrected chi connectivity index (χ2v) is 4.19. The van der Waals surface area contributed by atoms with Crippen LogP contribution < -0.4 is 5.32 Å². The highest BCUT2D eigenvalue weighted by Crippen LogP contribution is 2.06. The molecule has 2 heterocycles. The molecule has 0 aliphatic carbocycles. The molecule has 0 fully saturated rings. The van der Waals surface area contributed by atoms with E-state index in [2.05, 4.69) is 10.3 Å². The maximum atomic E-state index is 11.4. The summed E-state index contributed by atoms with van der Waals surface area (Å²) < 4.78 is 0. The molecule has 0 atom stereocenters. The number of aromatic nitrogens is 1. The van der Waals surface area contributed by atoms with Crippen molar-refractivity contribution < 1.29 is 4.79 Å². The Bertz CT molecular complexity index is 394. The highest BCUT2D eigenvalue weighted by atomic mass is 32.1. The lowest BCUT2D eigenvalue weighted by molar-refractivity contribution is 0.0946. The van der Waals surface area contributed by atoms with Crippen LogP contribution >= 0.6 is 22.7 Å². The smallest absolute Gasteiger partial charge is 0.271 e. The first-order chi connectivity index (χ1) is 6.86. The van der Waals surface area contributed by atoms with Gasteiger partial charge in [-0.15, -0.1) is 11.3 Å². The third-order valence-electron chi connectivity index (χ3n) is 1.70. The van der Waals surface area contributed by atoms with Crippen molar-refractivity contribution in [2.24, 2.45) is 0 Å². The fourth-order valence-electron chi connectivity index (χ4n) is 0.991. The average molecular weight is 224 g/mol. The summed E-state index contributed by atoms with van der Waals surface area (Å²) in [6.45, 7) is 0.569. The van der Waals surface area contributed by atoms with Crippen molar-refractivity contribution in [3.05, 3.63) is 39.0 Å². The van der Waals surface area contributed by atoms with E-state index < -0.39 is 0 Å². The number of carbonyl (C=O) groups is 1. The van der Waals surface area contributed by atoms with Crippen molar-refractivity contribution >= 4 is 28.6 Å². The Morgan fingerprint density at radius 1 is 1.43 bits per heavy atom. The minimum Gasteiger partial charge on any atom is -0.347 e.